The van der Waals surface area contributed by atoms with Gasteiger partial charge in [-0.1, -0.05) is 0 Å². The van der Waals surface area contributed by atoms with E-state index in [0.29, 0.717) is 22.7 Å². The van der Waals surface area contributed by atoms with E-state index in [2.05, 4.69) is 14.8 Å². The van der Waals surface area contributed by atoms with Gasteiger partial charge in [-0.25, -0.2) is 14.5 Å². The van der Waals surface area contributed by atoms with Crippen LogP contribution in [0.1, 0.15) is 20.2 Å². The monoisotopic (exact) mass is 237 g/mol. The molecule has 0 saturated carbocycles. The number of hydrogen-bond donors (Lipinski definition) is 0. The topological polar surface area (TPSA) is 74.1 Å². The molecule has 2 aromatic heterocycles. The van der Waals surface area contributed by atoms with Crippen LogP contribution in [0.3, 0.4) is 0 Å². The first-order valence-corrected chi connectivity index (χ1v) is 5.16. The molecule has 2 heterocycles. The second kappa shape index (κ2) is 4.23. The number of aldehydes is 1. The molecule has 2 aromatic rings. The molecule has 0 amide bonds. The second-order valence-electron chi connectivity index (χ2n) is 2.83. The summed E-state index contributed by atoms with van der Waals surface area (Å²) in [7, 11) is 1.30. The van der Waals surface area contributed by atoms with Crippen LogP contribution in [-0.4, -0.2) is 34.1 Å². The number of carbonyl (C=O) groups excluding carboxylic acids is 2. The molecule has 0 aliphatic carbocycles. The zero-order valence-corrected chi connectivity index (χ0v) is 9.10. The average molecular weight is 237 g/mol. The van der Waals surface area contributed by atoms with E-state index >= 15 is 0 Å². The lowest BCUT2D eigenvalue weighted by Gasteiger charge is -1.93. The quantitative estimate of drug-likeness (QED) is 0.586. The van der Waals surface area contributed by atoms with E-state index in [4.69, 9.17) is 0 Å². The Hall–Kier alpha value is -2.02. The van der Waals surface area contributed by atoms with Crippen molar-refractivity contribution in [2.45, 2.75) is 0 Å². The molecule has 7 heteroatoms. The lowest BCUT2D eigenvalue weighted by atomic mass is 10.4. The molecule has 0 N–H and O–H groups in total. The van der Waals surface area contributed by atoms with Gasteiger partial charge in [0, 0.05) is 11.6 Å². The smallest absolute Gasteiger partial charge is 0.341 e. The van der Waals surface area contributed by atoms with E-state index in [-0.39, 0.29) is 0 Å². The van der Waals surface area contributed by atoms with E-state index in [9.17, 15) is 9.59 Å². The Morgan fingerprint density at radius 2 is 2.44 bits per heavy atom. The van der Waals surface area contributed by atoms with Crippen molar-refractivity contribution in [1.29, 1.82) is 0 Å². The van der Waals surface area contributed by atoms with Crippen molar-refractivity contribution < 1.29 is 14.3 Å². The van der Waals surface area contributed by atoms with E-state index in [1.807, 2.05) is 0 Å². The number of hydrogen-bond acceptors (Lipinski definition) is 6. The Kier molecular flexibility index (Phi) is 2.78. The van der Waals surface area contributed by atoms with Crippen molar-refractivity contribution in [3.8, 4) is 5.82 Å². The second-order valence-corrected chi connectivity index (χ2v) is 3.72. The number of nitrogens with zero attached hydrogens (tertiary/aromatic N) is 3. The molecular formula is C9H7N3O3S. The van der Waals surface area contributed by atoms with Crippen molar-refractivity contribution in [2.24, 2.45) is 0 Å². The lowest BCUT2D eigenvalue weighted by molar-refractivity contribution is 0.0600. The number of methoxy groups -OCH3 is 1. The van der Waals surface area contributed by atoms with Gasteiger partial charge in [-0.2, -0.15) is 5.10 Å². The van der Waals surface area contributed by atoms with Crippen LogP contribution in [0.15, 0.2) is 17.8 Å². The molecule has 16 heavy (non-hydrogen) atoms. The molecule has 2 rings (SSSR count). The summed E-state index contributed by atoms with van der Waals surface area (Å²) in [6.45, 7) is 0. The third-order valence-electron chi connectivity index (χ3n) is 1.85. The number of carbonyl (C=O) groups is 2. The minimum atomic E-state index is -0.461. The summed E-state index contributed by atoms with van der Waals surface area (Å²) in [6, 6.07) is 0. The van der Waals surface area contributed by atoms with E-state index in [1.54, 1.807) is 5.38 Å². The van der Waals surface area contributed by atoms with Crippen LogP contribution in [0, 0.1) is 0 Å². The van der Waals surface area contributed by atoms with Gasteiger partial charge in [0.25, 0.3) is 0 Å². The highest BCUT2D eigenvalue weighted by molar-refractivity contribution is 7.11. The summed E-state index contributed by atoms with van der Waals surface area (Å²) in [5.41, 5.74) is 0.336. The highest BCUT2D eigenvalue weighted by Crippen LogP contribution is 2.12. The van der Waals surface area contributed by atoms with E-state index in [1.165, 1.54) is 35.5 Å². The zero-order valence-electron chi connectivity index (χ0n) is 8.28. The predicted molar refractivity (Wildman–Crippen MR) is 56.0 cm³/mol. The molecule has 0 radical (unpaired) electrons. The van der Waals surface area contributed by atoms with Crippen LogP contribution in [0.5, 0.6) is 0 Å². The number of aromatic nitrogens is 3. The Morgan fingerprint density at radius 1 is 1.62 bits per heavy atom. The first-order chi connectivity index (χ1) is 7.74. The molecule has 0 fully saturated rings. The maximum Gasteiger partial charge on any atom is 0.341 e. The van der Waals surface area contributed by atoms with Gasteiger partial charge in [0.1, 0.15) is 0 Å². The molecule has 0 bridgehead atoms. The van der Waals surface area contributed by atoms with Crippen molar-refractivity contribution in [1.82, 2.24) is 14.8 Å². The summed E-state index contributed by atoms with van der Waals surface area (Å²) in [5, 5.41) is 5.99. The molecule has 0 aliphatic rings. The number of thiazole rings is 1. The minimum Gasteiger partial charge on any atom is -0.465 e. The summed E-state index contributed by atoms with van der Waals surface area (Å²) < 4.78 is 5.96. The fourth-order valence-corrected chi connectivity index (χ4v) is 1.70. The van der Waals surface area contributed by atoms with Crippen LogP contribution in [0.4, 0.5) is 0 Å². The standard InChI is InChI=1S/C9H7N3O3S/c1-15-9(14)6-2-10-12(3-6)7-5-16-8(4-13)11-7/h2-5H,1H3. The maximum atomic E-state index is 11.2. The first kappa shape index (κ1) is 10.5. The third-order valence-corrected chi connectivity index (χ3v) is 2.61. The van der Waals surface area contributed by atoms with Crippen LogP contribution in [0.2, 0.25) is 0 Å². The van der Waals surface area contributed by atoms with Gasteiger partial charge < -0.3 is 4.74 Å². The summed E-state index contributed by atoms with van der Waals surface area (Å²) >= 11 is 1.21. The highest BCUT2D eigenvalue weighted by Gasteiger charge is 2.10. The fourth-order valence-electron chi connectivity index (χ4n) is 1.11. The lowest BCUT2D eigenvalue weighted by Crippen LogP contribution is -1.99. The van der Waals surface area contributed by atoms with Crippen LogP contribution < -0.4 is 0 Å². The van der Waals surface area contributed by atoms with Crippen molar-refractivity contribution in [2.75, 3.05) is 7.11 Å². The molecular weight excluding hydrogens is 230 g/mol. The van der Waals surface area contributed by atoms with Gasteiger partial charge in [-0.15, -0.1) is 11.3 Å². The molecule has 0 aliphatic heterocycles. The Bertz CT molecular complexity index is 532. The molecule has 0 saturated heterocycles. The molecule has 0 unspecified atom stereocenters. The van der Waals surface area contributed by atoms with Gasteiger partial charge in [-0.05, 0) is 0 Å². The molecule has 0 aromatic carbocycles. The number of esters is 1. The molecule has 6 nitrogen and oxygen atoms in total. The molecule has 0 spiro atoms. The van der Waals surface area contributed by atoms with E-state index < -0.39 is 5.97 Å². The summed E-state index contributed by atoms with van der Waals surface area (Å²) in [6.07, 6.45) is 3.54. The number of ether oxygens (including phenoxy) is 1. The number of rotatable bonds is 3. The highest BCUT2D eigenvalue weighted by atomic mass is 32.1. The van der Waals surface area contributed by atoms with Gasteiger partial charge in [0.15, 0.2) is 17.1 Å². The third kappa shape index (κ3) is 1.84. The van der Waals surface area contributed by atoms with Crippen LogP contribution >= 0.6 is 11.3 Å². The van der Waals surface area contributed by atoms with Gasteiger partial charge in [-0.3, -0.25) is 4.79 Å². The van der Waals surface area contributed by atoms with Gasteiger partial charge in [0.05, 0.1) is 18.9 Å². The molecule has 0 atom stereocenters. The van der Waals surface area contributed by atoms with Crippen molar-refractivity contribution >= 4 is 23.6 Å². The van der Waals surface area contributed by atoms with Gasteiger partial charge >= 0.3 is 5.97 Å². The predicted octanol–water partition coefficient (Wildman–Crippen LogP) is 0.928. The van der Waals surface area contributed by atoms with Gasteiger partial charge in [0.2, 0.25) is 0 Å². The largest absolute Gasteiger partial charge is 0.465 e. The first-order valence-electron chi connectivity index (χ1n) is 4.28. The summed E-state index contributed by atoms with van der Waals surface area (Å²) in [4.78, 5) is 25.6. The van der Waals surface area contributed by atoms with Crippen LogP contribution in [0.25, 0.3) is 5.82 Å². The summed E-state index contributed by atoms with van der Waals surface area (Å²) in [5.74, 6) is 0.0411. The molecule has 82 valence electrons. The van der Waals surface area contributed by atoms with E-state index in [0.717, 1.165) is 0 Å². The maximum absolute atomic E-state index is 11.2. The van der Waals surface area contributed by atoms with Crippen molar-refractivity contribution in [3.05, 3.63) is 28.3 Å². The Morgan fingerprint density at radius 3 is 3.06 bits per heavy atom. The fraction of sp³-hybridized carbons (Fsp3) is 0.111. The zero-order chi connectivity index (χ0) is 11.5. The SMILES string of the molecule is COC(=O)c1cnn(-c2csc(C=O)n2)c1. The van der Waals surface area contributed by atoms with Crippen molar-refractivity contribution in [3.63, 3.8) is 0 Å². The normalized spacial score (nSPS) is 10.1. The minimum absolute atomic E-state index is 0.336. The van der Waals surface area contributed by atoms with Crippen LogP contribution in [-0.2, 0) is 4.74 Å². The average Bonchev–Trinajstić information content (AvgIpc) is 2.95. The Labute approximate surface area is 94.5 Å². The Balaban J connectivity index is 2.31.